The summed E-state index contributed by atoms with van der Waals surface area (Å²) in [7, 11) is 0. The van der Waals surface area contributed by atoms with Gasteiger partial charge in [-0.15, -0.1) is 0 Å². The van der Waals surface area contributed by atoms with E-state index in [1.54, 1.807) is 0 Å². The molecule has 176 valence electrons. The van der Waals surface area contributed by atoms with Crippen LogP contribution in [-0.2, 0) is 9.47 Å². The van der Waals surface area contributed by atoms with E-state index in [1.807, 2.05) is 0 Å². The second kappa shape index (κ2) is 8.42. The quantitative estimate of drug-likeness (QED) is 0.188. The molecule has 12 nitrogen and oxygen atoms in total. The largest absolute Gasteiger partial charge is 0.508 e. The van der Waals surface area contributed by atoms with E-state index < -0.39 is 60.5 Å². The van der Waals surface area contributed by atoms with Gasteiger partial charge >= 0.3 is 5.97 Å². The standard InChI is InChI=1S/C21H20O12/c22-6-13-16(27)17(28)18(29)21(32-13)33-20(30)15-14-11(26)4-8(23)5-12(14)31-19(15)7-1-2-9(24)10(25)3-7/h1-5,13,16-18,21-29H,6H2/t13-,16-,17+,18-,21-/m1/s1. The molecule has 0 spiro atoms. The van der Waals surface area contributed by atoms with Gasteiger partial charge in [0.2, 0.25) is 6.29 Å². The summed E-state index contributed by atoms with van der Waals surface area (Å²) in [5, 5.41) is 78.7. The Balaban J connectivity index is 1.80. The van der Waals surface area contributed by atoms with Crippen molar-refractivity contribution in [2.75, 3.05) is 6.61 Å². The molecule has 0 bridgehead atoms. The fraction of sp³-hybridized carbons (Fsp3) is 0.286. The van der Waals surface area contributed by atoms with Crippen molar-refractivity contribution in [2.24, 2.45) is 0 Å². The number of aromatic hydroxyl groups is 4. The topological polar surface area (TPSA) is 211 Å². The van der Waals surface area contributed by atoms with Gasteiger partial charge in [0.15, 0.2) is 11.5 Å². The van der Waals surface area contributed by atoms with Crippen molar-refractivity contribution in [1.29, 1.82) is 0 Å². The Hall–Kier alpha value is -3.55. The van der Waals surface area contributed by atoms with Gasteiger partial charge in [-0.1, -0.05) is 0 Å². The van der Waals surface area contributed by atoms with Crippen LogP contribution in [0.15, 0.2) is 34.7 Å². The minimum absolute atomic E-state index is 0.0844. The van der Waals surface area contributed by atoms with Crippen LogP contribution in [0.5, 0.6) is 23.0 Å². The highest BCUT2D eigenvalue weighted by Crippen LogP contribution is 2.42. The molecular weight excluding hydrogens is 444 g/mol. The van der Waals surface area contributed by atoms with Crippen LogP contribution >= 0.6 is 0 Å². The smallest absolute Gasteiger partial charge is 0.345 e. The predicted molar refractivity (Wildman–Crippen MR) is 107 cm³/mol. The van der Waals surface area contributed by atoms with Gasteiger partial charge < -0.3 is 54.7 Å². The molecule has 2 heterocycles. The minimum Gasteiger partial charge on any atom is -0.508 e. The third-order valence-corrected chi connectivity index (χ3v) is 5.27. The first-order valence-electron chi connectivity index (χ1n) is 9.64. The van der Waals surface area contributed by atoms with Crippen LogP contribution in [-0.4, -0.2) is 84.1 Å². The first-order chi connectivity index (χ1) is 15.6. The summed E-state index contributed by atoms with van der Waals surface area (Å²) in [4.78, 5) is 13.1. The number of ether oxygens (including phenoxy) is 2. The van der Waals surface area contributed by atoms with Gasteiger partial charge in [-0.2, -0.15) is 0 Å². The van der Waals surface area contributed by atoms with Crippen molar-refractivity contribution >= 4 is 16.9 Å². The summed E-state index contributed by atoms with van der Waals surface area (Å²) in [6, 6.07) is 5.56. The molecule has 1 aromatic heterocycles. The van der Waals surface area contributed by atoms with Crippen LogP contribution in [0.2, 0.25) is 0 Å². The fourth-order valence-corrected chi connectivity index (χ4v) is 3.58. The van der Waals surface area contributed by atoms with Gasteiger partial charge in [0, 0.05) is 17.7 Å². The van der Waals surface area contributed by atoms with E-state index in [0.717, 1.165) is 24.3 Å². The maximum atomic E-state index is 13.1. The van der Waals surface area contributed by atoms with Crippen LogP contribution in [0, 0.1) is 0 Å². The lowest BCUT2D eigenvalue weighted by Crippen LogP contribution is -2.59. The summed E-state index contributed by atoms with van der Waals surface area (Å²) >= 11 is 0. The predicted octanol–water partition coefficient (Wildman–Crippen LogP) is -0.121. The van der Waals surface area contributed by atoms with Crippen LogP contribution in [0.25, 0.3) is 22.3 Å². The van der Waals surface area contributed by atoms with Crippen molar-refractivity contribution in [1.82, 2.24) is 0 Å². The number of fused-ring (bicyclic) bond motifs is 1. The number of aliphatic hydroxyl groups excluding tert-OH is 4. The van der Waals surface area contributed by atoms with Gasteiger partial charge in [0.1, 0.15) is 52.8 Å². The molecule has 2 aromatic carbocycles. The van der Waals surface area contributed by atoms with E-state index in [1.165, 1.54) is 6.07 Å². The molecule has 0 saturated carbocycles. The molecule has 1 saturated heterocycles. The van der Waals surface area contributed by atoms with Gasteiger partial charge in [-0.05, 0) is 18.2 Å². The van der Waals surface area contributed by atoms with E-state index >= 15 is 0 Å². The molecule has 3 aromatic rings. The number of hydrogen-bond acceptors (Lipinski definition) is 12. The summed E-state index contributed by atoms with van der Waals surface area (Å²) in [6.07, 6.45) is -8.48. The van der Waals surface area contributed by atoms with Gasteiger partial charge in [-0.25, -0.2) is 4.79 Å². The second-order valence-corrected chi connectivity index (χ2v) is 7.45. The first kappa shape index (κ1) is 22.6. The summed E-state index contributed by atoms with van der Waals surface area (Å²) in [5.41, 5.74) is -0.429. The van der Waals surface area contributed by atoms with Gasteiger partial charge in [0.05, 0.1) is 12.0 Å². The molecular formula is C21H20O12. The number of aliphatic hydroxyl groups is 4. The maximum absolute atomic E-state index is 13.1. The number of carbonyl (C=O) groups is 1. The highest BCUT2D eigenvalue weighted by Gasteiger charge is 2.46. The van der Waals surface area contributed by atoms with E-state index in [0.29, 0.717) is 0 Å². The molecule has 0 amide bonds. The molecule has 0 unspecified atom stereocenters. The highest BCUT2D eigenvalue weighted by atomic mass is 16.7. The molecule has 33 heavy (non-hydrogen) atoms. The zero-order chi connectivity index (χ0) is 24.0. The summed E-state index contributed by atoms with van der Waals surface area (Å²) < 4.78 is 16.0. The summed E-state index contributed by atoms with van der Waals surface area (Å²) in [6.45, 7) is -0.744. The van der Waals surface area contributed by atoms with Crippen LogP contribution < -0.4 is 0 Å². The van der Waals surface area contributed by atoms with E-state index in [-0.39, 0.29) is 33.6 Å². The maximum Gasteiger partial charge on any atom is 0.345 e. The molecule has 1 aliphatic heterocycles. The molecule has 1 fully saturated rings. The number of carbonyl (C=O) groups excluding carboxylic acids is 1. The van der Waals surface area contributed by atoms with Crippen molar-refractivity contribution in [3.63, 3.8) is 0 Å². The SMILES string of the molecule is O=C(O[C@H]1O[C@H](CO)[C@@H](O)[C@H](O)[C@H]1O)c1c(-c2ccc(O)c(O)c2)oc2cc(O)cc(O)c12. The second-order valence-electron chi connectivity index (χ2n) is 7.45. The Labute approximate surface area is 184 Å². The van der Waals surface area contributed by atoms with Crippen LogP contribution in [0.1, 0.15) is 10.4 Å². The molecule has 0 aliphatic carbocycles. The molecule has 5 atom stereocenters. The molecule has 1 aliphatic rings. The lowest BCUT2D eigenvalue weighted by Gasteiger charge is -2.39. The van der Waals surface area contributed by atoms with E-state index in [9.17, 15) is 45.6 Å². The van der Waals surface area contributed by atoms with E-state index in [4.69, 9.17) is 13.9 Å². The Morgan fingerprint density at radius 2 is 1.64 bits per heavy atom. The number of benzene rings is 2. The number of esters is 1. The molecule has 8 N–H and O–H groups in total. The number of phenolic OH excluding ortho intramolecular Hbond substituents is 4. The van der Waals surface area contributed by atoms with Crippen LogP contribution in [0.3, 0.4) is 0 Å². The van der Waals surface area contributed by atoms with Crippen molar-refractivity contribution < 1.29 is 59.5 Å². The monoisotopic (exact) mass is 464 g/mol. The summed E-state index contributed by atoms with van der Waals surface area (Å²) in [5.74, 6) is -3.34. The number of phenols is 4. The van der Waals surface area contributed by atoms with E-state index in [2.05, 4.69) is 0 Å². The molecule has 0 radical (unpaired) electrons. The Morgan fingerprint density at radius 1 is 0.909 bits per heavy atom. The highest BCUT2D eigenvalue weighted by molar-refractivity contribution is 6.11. The average Bonchev–Trinajstić information content (AvgIpc) is 3.15. The average molecular weight is 464 g/mol. The number of rotatable bonds is 4. The van der Waals surface area contributed by atoms with Gasteiger partial charge in [-0.3, -0.25) is 0 Å². The van der Waals surface area contributed by atoms with Crippen molar-refractivity contribution in [2.45, 2.75) is 30.7 Å². The van der Waals surface area contributed by atoms with Crippen molar-refractivity contribution in [3.05, 3.63) is 35.9 Å². The third-order valence-electron chi connectivity index (χ3n) is 5.27. The third kappa shape index (κ3) is 3.90. The zero-order valence-electron chi connectivity index (χ0n) is 16.7. The molecule has 4 rings (SSSR count). The van der Waals surface area contributed by atoms with Gasteiger partial charge in [0.25, 0.3) is 0 Å². The Morgan fingerprint density at radius 3 is 2.30 bits per heavy atom. The Bertz CT molecular complexity index is 1200. The first-order valence-corrected chi connectivity index (χ1v) is 9.64. The molecule has 12 heteroatoms. The lowest BCUT2D eigenvalue weighted by atomic mass is 9.99. The normalized spacial score (nSPS) is 25.3. The van der Waals surface area contributed by atoms with Crippen LogP contribution in [0.4, 0.5) is 0 Å². The number of hydrogen-bond donors (Lipinski definition) is 8. The lowest BCUT2D eigenvalue weighted by molar-refractivity contribution is -0.285. The minimum atomic E-state index is -1.87. The number of furan rings is 1. The zero-order valence-corrected chi connectivity index (χ0v) is 16.7. The fourth-order valence-electron chi connectivity index (χ4n) is 3.58. The Kier molecular flexibility index (Phi) is 5.78. The van der Waals surface area contributed by atoms with Crippen molar-refractivity contribution in [3.8, 4) is 34.3 Å².